The monoisotopic (exact) mass is 415 g/mol. The molecule has 5 nitrogen and oxygen atoms in total. The summed E-state index contributed by atoms with van der Waals surface area (Å²) in [5, 5.41) is 0.938. The maximum absolute atomic E-state index is 12.1. The van der Waals surface area contributed by atoms with Gasteiger partial charge in [-0.15, -0.1) is 0 Å². The number of H-pyrrole nitrogens is 1. The summed E-state index contributed by atoms with van der Waals surface area (Å²) in [7, 11) is 0. The number of ether oxygens (including phenoxy) is 2. The summed E-state index contributed by atoms with van der Waals surface area (Å²) < 4.78 is 11.1. The number of carbonyl (C=O) groups excluding carboxylic acids is 2. The van der Waals surface area contributed by atoms with Crippen LogP contribution in [0.5, 0.6) is 0 Å². The van der Waals surface area contributed by atoms with E-state index in [4.69, 9.17) is 9.47 Å². The van der Waals surface area contributed by atoms with Crippen LogP contribution in [0.25, 0.3) is 10.9 Å². The highest BCUT2D eigenvalue weighted by atomic mass is 127. The van der Waals surface area contributed by atoms with Crippen LogP contribution in [0.3, 0.4) is 0 Å². The zero-order valence-corrected chi connectivity index (χ0v) is 14.7. The zero-order chi connectivity index (χ0) is 16.1. The Morgan fingerprint density at radius 2 is 1.91 bits per heavy atom. The maximum atomic E-state index is 12.1. The third-order valence-corrected chi connectivity index (χ3v) is 3.90. The van der Waals surface area contributed by atoms with E-state index in [-0.39, 0.29) is 12.4 Å². The Labute approximate surface area is 142 Å². The number of aromatic amines is 1. The van der Waals surface area contributed by atoms with Crippen molar-refractivity contribution < 1.29 is 19.1 Å². The van der Waals surface area contributed by atoms with E-state index < -0.39 is 5.97 Å². The highest BCUT2D eigenvalue weighted by molar-refractivity contribution is 14.1. The minimum absolute atomic E-state index is 0.235. The number of hydrogen-bond donors (Lipinski definition) is 1. The van der Waals surface area contributed by atoms with Crippen LogP contribution in [0.15, 0.2) is 18.2 Å². The van der Waals surface area contributed by atoms with Gasteiger partial charge in [-0.1, -0.05) is 6.07 Å². The summed E-state index contributed by atoms with van der Waals surface area (Å²) in [6, 6.07) is 5.89. The highest BCUT2D eigenvalue weighted by Gasteiger charge is 2.19. The Morgan fingerprint density at radius 1 is 1.18 bits per heavy atom. The van der Waals surface area contributed by atoms with Gasteiger partial charge in [0, 0.05) is 20.9 Å². The molecule has 0 amide bonds. The van der Waals surface area contributed by atoms with Gasteiger partial charge in [-0.2, -0.15) is 0 Å². The average Bonchev–Trinajstić information content (AvgIpc) is 2.83. The molecule has 0 aliphatic heterocycles. The molecule has 2 rings (SSSR count). The number of hydrogen-bond acceptors (Lipinski definition) is 4. The van der Waals surface area contributed by atoms with Crippen molar-refractivity contribution in [2.75, 3.05) is 13.2 Å². The van der Waals surface area contributed by atoms with Crippen LogP contribution >= 0.6 is 22.6 Å². The summed E-state index contributed by atoms with van der Waals surface area (Å²) in [4.78, 5) is 26.8. The van der Waals surface area contributed by atoms with E-state index in [1.807, 2.05) is 18.2 Å². The first-order valence-corrected chi connectivity index (χ1v) is 8.27. The van der Waals surface area contributed by atoms with Crippen LogP contribution in [-0.4, -0.2) is 30.1 Å². The number of rotatable bonds is 6. The fraction of sp³-hybridized carbons (Fsp3) is 0.375. The van der Waals surface area contributed by atoms with E-state index in [0.29, 0.717) is 25.3 Å². The van der Waals surface area contributed by atoms with Crippen molar-refractivity contribution >= 4 is 45.4 Å². The number of benzene rings is 1. The second-order valence-corrected chi connectivity index (χ2v) is 5.94. The molecule has 1 heterocycles. The van der Waals surface area contributed by atoms with Crippen molar-refractivity contribution in [3.8, 4) is 0 Å². The number of esters is 2. The van der Waals surface area contributed by atoms with Gasteiger partial charge < -0.3 is 14.5 Å². The highest BCUT2D eigenvalue weighted by Crippen LogP contribution is 2.26. The molecule has 0 fully saturated rings. The normalized spacial score (nSPS) is 10.7. The van der Waals surface area contributed by atoms with E-state index in [2.05, 4.69) is 27.6 Å². The Kier molecular flexibility index (Phi) is 5.82. The van der Waals surface area contributed by atoms with Crippen LogP contribution < -0.4 is 0 Å². The summed E-state index contributed by atoms with van der Waals surface area (Å²) in [5.74, 6) is -0.662. The van der Waals surface area contributed by atoms with Crippen molar-refractivity contribution in [3.63, 3.8) is 0 Å². The largest absolute Gasteiger partial charge is 0.466 e. The standard InChI is InChI=1S/C16H18INO4/c1-3-21-14(19)8-7-12-11-6-5-10(17)9-13(11)18-15(12)16(20)22-4-2/h5-6,9,18H,3-4,7-8H2,1-2H3. The average molecular weight is 415 g/mol. The van der Waals surface area contributed by atoms with Crippen molar-refractivity contribution in [3.05, 3.63) is 33.0 Å². The number of aromatic nitrogens is 1. The van der Waals surface area contributed by atoms with Gasteiger partial charge in [0.15, 0.2) is 0 Å². The lowest BCUT2D eigenvalue weighted by Gasteiger charge is -2.05. The molecule has 0 aliphatic rings. The molecular formula is C16H18INO4. The Morgan fingerprint density at radius 3 is 2.59 bits per heavy atom. The first-order chi connectivity index (χ1) is 10.6. The van der Waals surface area contributed by atoms with Gasteiger partial charge >= 0.3 is 11.9 Å². The van der Waals surface area contributed by atoms with Crippen LogP contribution in [0.1, 0.15) is 36.3 Å². The van der Waals surface area contributed by atoms with Gasteiger partial charge in [-0.3, -0.25) is 4.79 Å². The summed E-state index contributed by atoms with van der Waals surface area (Å²) >= 11 is 2.22. The third kappa shape index (κ3) is 3.79. The van der Waals surface area contributed by atoms with Gasteiger partial charge in [0.05, 0.1) is 13.2 Å². The van der Waals surface area contributed by atoms with Gasteiger partial charge in [0.1, 0.15) is 5.69 Å². The number of carbonyl (C=O) groups is 2. The number of halogens is 1. The van der Waals surface area contributed by atoms with Crippen LogP contribution in [0.2, 0.25) is 0 Å². The molecule has 1 aromatic carbocycles. The Hall–Kier alpha value is -1.57. The van der Waals surface area contributed by atoms with Crippen LogP contribution in [0, 0.1) is 3.57 Å². The number of fused-ring (bicyclic) bond motifs is 1. The quantitative estimate of drug-likeness (QED) is 0.580. The second kappa shape index (κ2) is 7.62. The molecular weight excluding hydrogens is 397 g/mol. The summed E-state index contributed by atoms with van der Waals surface area (Å²) in [6.45, 7) is 4.20. The minimum atomic E-state index is -0.396. The fourth-order valence-corrected chi connectivity index (χ4v) is 2.82. The van der Waals surface area contributed by atoms with Gasteiger partial charge in [0.2, 0.25) is 0 Å². The van der Waals surface area contributed by atoms with Crippen LogP contribution in [0.4, 0.5) is 0 Å². The molecule has 0 bridgehead atoms. The molecule has 1 N–H and O–H groups in total. The van der Waals surface area contributed by atoms with Gasteiger partial charge in [0.25, 0.3) is 0 Å². The molecule has 0 radical (unpaired) electrons. The van der Waals surface area contributed by atoms with Crippen molar-refractivity contribution in [2.24, 2.45) is 0 Å². The third-order valence-electron chi connectivity index (χ3n) is 3.23. The lowest BCUT2D eigenvalue weighted by atomic mass is 10.1. The van der Waals surface area contributed by atoms with E-state index in [1.54, 1.807) is 13.8 Å². The fourth-order valence-electron chi connectivity index (χ4n) is 2.33. The smallest absolute Gasteiger partial charge is 0.355 e. The molecule has 0 spiro atoms. The SMILES string of the molecule is CCOC(=O)CCc1c(C(=O)OCC)[nH]c2cc(I)ccc12. The summed E-state index contributed by atoms with van der Waals surface area (Å²) in [5.41, 5.74) is 2.09. The van der Waals surface area contributed by atoms with Gasteiger partial charge in [-0.25, -0.2) is 4.79 Å². The van der Waals surface area contributed by atoms with E-state index >= 15 is 0 Å². The van der Waals surface area contributed by atoms with Gasteiger partial charge in [-0.05, 0) is 60.6 Å². The van der Waals surface area contributed by atoms with E-state index in [0.717, 1.165) is 20.0 Å². The maximum Gasteiger partial charge on any atom is 0.355 e. The first kappa shape index (κ1) is 16.8. The molecule has 0 saturated heterocycles. The second-order valence-electron chi connectivity index (χ2n) is 4.69. The lowest BCUT2D eigenvalue weighted by Crippen LogP contribution is -2.10. The first-order valence-electron chi connectivity index (χ1n) is 7.19. The Bertz CT molecular complexity index is 693. The van der Waals surface area contributed by atoms with Crippen LogP contribution in [-0.2, 0) is 20.7 Å². The summed E-state index contributed by atoms with van der Waals surface area (Å²) in [6.07, 6.45) is 0.673. The van der Waals surface area contributed by atoms with Crippen molar-refractivity contribution in [1.29, 1.82) is 0 Å². The minimum Gasteiger partial charge on any atom is -0.466 e. The molecule has 0 atom stereocenters. The lowest BCUT2D eigenvalue weighted by molar-refractivity contribution is -0.143. The number of aryl methyl sites for hydroxylation is 1. The molecule has 118 valence electrons. The van der Waals surface area contributed by atoms with E-state index in [1.165, 1.54) is 0 Å². The predicted molar refractivity (Wildman–Crippen MR) is 91.9 cm³/mol. The van der Waals surface area contributed by atoms with E-state index in [9.17, 15) is 9.59 Å². The molecule has 0 saturated carbocycles. The number of nitrogens with one attached hydrogen (secondary N) is 1. The molecule has 1 aromatic heterocycles. The Balaban J connectivity index is 2.37. The molecule has 0 unspecified atom stereocenters. The molecule has 0 aliphatic carbocycles. The molecule has 2 aromatic rings. The van der Waals surface area contributed by atoms with Crippen molar-refractivity contribution in [1.82, 2.24) is 4.98 Å². The molecule has 6 heteroatoms. The molecule has 22 heavy (non-hydrogen) atoms. The zero-order valence-electron chi connectivity index (χ0n) is 12.6. The topological polar surface area (TPSA) is 68.4 Å². The van der Waals surface area contributed by atoms with Crippen molar-refractivity contribution in [2.45, 2.75) is 26.7 Å². The predicted octanol–water partition coefficient (Wildman–Crippen LogP) is 3.44.